The Labute approximate surface area is 190 Å². The number of aryl methyl sites for hydroxylation is 2. The Morgan fingerprint density at radius 1 is 0.906 bits per heavy atom. The number of hydrogen-bond donors (Lipinski definition) is 0. The number of carbonyl (C=O) groups is 2. The van der Waals surface area contributed by atoms with Gasteiger partial charge in [-0.25, -0.2) is 0 Å². The summed E-state index contributed by atoms with van der Waals surface area (Å²) >= 11 is 0. The smallest absolute Gasteiger partial charge is 0.277 e. The summed E-state index contributed by atoms with van der Waals surface area (Å²) in [5.74, 6) is -0.420. The summed E-state index contributed by atoms with van der Waals surface area (Å²) in [5, 5.41) is 0. The van der Waals surface area contributed by atoms with E-state index >= 15 is 0 Å². The van der Waals surface area contributed by atoms with Crippen LogP contribution in [0, 0.1) is 13.8 Å². The number of imide groups is 1. The molecule has 1 fully saturated rings. The monoisotopic (exact) mass is 433 g/mol. The SMILES string of the molecule is Cc1ccc(C2=C(N(C)Cc3ccccc3)C(=O)N(CCN3CCOCC3)C2=O)cc1C. The third-order valence-electron chi connectivity index (χ3n) is 6.33. The second kappa shape index (κ2) is 9.67. The van der Waals surface area contributed by atoms with Crippen molar-refractivity contribution >= 4 is 17.4 Å². The Bertz CT molecular complexity index is 1030. The molecule has 168 valence electrons. The van der Waals surface area contributed by atoms with Crippen molar-refractivity contribution < 1.29 is 14.3 Å². The van der Waals surface area contributed by atoms with Crippen molar-refractivity contribution in [2.75, 3.05) is 46.4 Å². The van der Waals surface area contributed by atoms with Gasteiger partial charge in [-0.1, -0.05) is 48.5 Å². The topological polar surface area (TPSA) is 53.1 Å². The third kappa shape index (κ3) is 4.61. The maximum atomic E-state index is 13.5. The van der Waals surface area contributed by atoms with E-state index in [4.69, 9.17) is 4.74 Å². The lowest BCUT2D eigenvalue weighted by molar-refractivity contribution is -0.137. The van der Waals surface area contributed by atoms with Gasteiger partial charge in [0.1, 0.15) is 5.70 Å². The van der Waals surface area contributed by atoms with Crippen molar-refractivity contribution in [3.8, 4) is 0 Å². The summed E-state index contributed by atoms with van der Waals surface area (Å²) in [5.41, 5.74) is 5.13. The van der Waals surface area contributed by atoms with Crippen LogP contribution in [0.1, 0.15) is 22.3 Å². The molecule has 1 saturated heterocycles. The summed E-state index contributed by atoms with van der Waals surface area (Å²) < 4.78 is 5.41. The number of hydrogen-bond acceptors (Lipinski definition) is 5. The maximum Gasteiger partial charge on any atom is 0.277 e. The molecular formula is C26H31N3O3. The molecule has 2 aliphatic heterocycles. The molecule has 0 aromatic heterocycles. The number of nitrogens with zero attached hydrogens (tertiary/aromatic N) is 3. The molecule has 6 heteroatoms. The standard InChI is InChI=1S/C26H31N3O3/c1-19-9-10-22(17-20(19)2)23-24(27(3)18-21-7-5-4-6-8-21)26(31)29(25(23)30)12-11-28-13-15-32-16-14-28/h4-10,17H,11-16,18H2,1-3H3. The maximum absolute atomic E-state index is 13.5. The van der Waals surface area contributed by atoms with E-state index in [0.29, 0.717) is 44.1 Å². The number of ether oxygens (including phenoxy) is 1. The van der Waals surface area contributed by atoms with E-state index in [1.165, 1.54) is 4.90 Å². The van der Waals surface area contributed by atoms with Gasteiger partial charge >= 0.3 is 0 Å². The van der Waals surface area contributed by atoms with Crippen molar-refractivity contribution in [3.63, 3.8) is 0 Å². The third-order valence-corrected chi connectivity index (χ3v) is 6.33. The number of likely N-dealkylation sites (N-methyl/N-ethyl adjacent to an activating group) is 1. The van der Waals surface area contributed by atoms with Gasteiger partial charge in [-0.05, 0) is 36.1 Å². The highest BCUT2D eigenvalue weighted by atomic mass is 16.5. The normalized spacial score (nSPS) is 17.4. The van der Waals surface area contributed by atoms with Gasteiger partial charge in [0.25, 0.3) is 11.8 Å². The lowest BCUT2D eigenvalue weighted by atomic mass is 9.99. The highest BCUT2D eigenvalue weighted by Gasteiger charge is 2.40. The molecule has 2 aromatic rings. The number of carbonyl (C=O) groups excluding carboxylic acids is 2. The van der Waals surface area contributed by atoms with Crippen molar-refractivity contribution in [1.82, 2.24) is 14.7 Å². The van der Waals surface area contributed by atoms with Gasteiger partial charge in [0.05, 0.1) is 18.8 Å². The average Bonchev–Trinajstić information content (AvgIpc) is 3.05. The predicted molar refractivity (Wildman–Crippen MR) is 125 cm³/mol. The molecule has 2 amide bonds. The average molecular weight is 434 g/mol. The molecule has 2 aliphatic rings. The molecular weight excluding hydrogens is 402 g/mol. The van der Waals surface area contributed by atoms with E-state index in [0.717, 1.165) is 35.3 Å². The van der Waals surface area contributed by atoms with Crippen LogP contribution in [0.5, 0.6) is 0 Å². The lowest BCUT2D eigenvalue weighted by Crippen LogP contribution is -2.44. The Morgan fingerprint density at radius 3 is 2.31 bits per heavy atom. The van der Waals surface area contributed by atoms with Gasteiger partial charge in [0, 0.05) is 39.8 Å². The summed E-state index contributed by atoms with van der Waals surface area (Å²) in [4.78, 5) is 32.6. The minimum absolute atomic E-state index is 0.207. The van der Waals surface area contributed by atoms with Gasteiger partial charge in [-0.2, -0.15) is 0 Å². The summed E-state index contributed by atoms with van der Waals surface area (Å²) in [6, 6.07) is 16.0. The number of benzene rings is 2. The fraction of sp³-hybridized carbons (Fsp3) is 0.385. The van der Waals surface area contributed by atoms with Crippen molar-refractivity contribution in [2.45, 2.75) is 20.4 Å². The first kappa shape index (κ1) is 22.2. The predicted octanol–water partition coefficient (Wildman–Crippen LogP) is 2.85. The number of amides is 2. The summed E-state index contributed by atoms with van der Waals surface area (Å²) in [7, 11) is 1.89. The minimum atomic E-state index is -0.213. The summed E-state index contributed by atoms with van der Waals surface area (Å²) in [6.45, 7) is 8.73. The Kier molecular flexibility index (Phi) is 6.72. The molecule has 0 unspecified atom stereocenters. The van der Waals surface area contributed by atoms with E-state index in [2.05, 4.69) is 4.90 Å². The van der Waals surface area contributed by atoms with Crippen LogP contribution in [0.25, 0.3) is 5.57 Å². The fourth-order valence-corrected chi connectivity index (χ4v) is 4.28. The lowest BCUT2D eigenvalue weighted by Gasteiger charge is -2.28. The highest BCUT2D eigenvalue weighted by molar-refractivity contribution is 6.35. The molecule has 0 saturated carbocycles. The minimum Gasteiger partial charge on any atom is -0.379 e. The van der Waals surface area contributed by atoms with Gasteiger partial charge in [-0.15, -0.1) is 0 Å². The number of rotatable bonds is 7. The van der Waals surface area contributed by atoms with Crippen molar-refractivity contribution in [3.05, 3.63) is 76.5 Å². The number of morpholine rings is 1. The molecule has 0 radical (unpaired) electrons. The van der Waals surface area contributed by atoms with Crippen LogP contribution in [-0.2, 0) is 20.9 Å². The largest absolute Gasteiger partial charge is 0.379 e. The van der Waals surface area contributed by atoms with E-state index in [1.54, 1.807) is 0 Å². The van der Waals surface area contributed by atoms with E-state index in [9.17, 15) is 9.59 Å². The van der Waals surface area contributed by atoms with Crippen molar-refractivity contribution in [1.29, 1.82) is 0 Å². The summed E-state index contributed by atoms with van der Waals surface area (Å²) in [6.07, 6.45) is 0. The van der Waals surface area contributed by atoms with Gasteiger partial charge in [0.15, 0.2) is 0 Å². The van der Waals surface area contributed by atoms with Crippen molar-refractivity contribution in [2.24, 2.45) is 0 Å². The first-order valence-corrected chi connectivity index (χ1v) is 11.2. The molecule has 4 rings (SSSR count). The zero-order valence-corrected chi connectivity index (χ0v) is 19.1. The van der Waals surface area contributed by atoms with Crippen LogP contribution < -0.4 is 0 Å². The van der Waals surface area contributed by atoms with Crippen LogP contribution in [0.4, 0.5) is 0 Å². The zero-order chi connectivity index (χ0) is 22.7. The van der Waals surface area contributed by atoms with Crippen LogP contribution in [-0.4, -0.2) is 73.0 Å². The van der Waals surface area contributed by atoms with Gasteiger partial charge in [-0.3, -0.25) is 19.4 Å². The molecule has 32 heavy (non-hydrogen) atoms. The molecule has 0 N–H and O–H groups in total. The first-order valence-electron chi connectivity index (χ1n) is 11.2. The van der Waals surface area contributed by atoms with E-state index in [1.807, 2.05) is 74.3 Å². The van der Waals surface area contributed by atoms with Gasteiger partial charge < -0.3 is 9.64 Å². The quantitative estimate of drug-likeness (QED) is 0.629. The molecule has 2 heterocycles. The van der Waals surface area contributed by atoms with Crippen LogP contribution in [0.3, 0.4) is 0 Å². The Hall–Kier alpha value is -2.96. The molecule has 0 atom stereocenters. The van der Waals surface area contributed by atoms with Crippen LogP contribution >= 0.6 is 0 Å². The second-order valence-corrected chi connectivity index (χ2v) is 8.58. The molecule has 6 nitrogen and oxygen atoms in total. The molecule has 0 bridgehead atoms. The van der Waals surface area contributed by atoms with Gasteiger partial charge in [0.2, 0.25) is 0 Å². The first-order chi connectivity index (χ1) is 15.5. The fourth-order valence-electron chi connectivity index (χ4n) is 4.28. The van der Waals surface area contributed by atoms with E-state index in [-0.39, 0.29) is 11.8 Å². The van der Waals surface area contributed by atoms with Crippen LogP contribution in [0.2, 0.25) is 0 Å². The van der Waals surface area contributed by atoms with Crippen LogP contribution in [0.15, 0.2) is 54.2 Å². The van der Waals surface area contributed by atoms with E-state index < -0.39 is 0 Å². The zero-order valence-electron chi connectivity index (χ0n) is 19.1. The molecule has 0 spiro atoms. The second-order valence-electron chi connectivity index (χ2n) is 8.58. The molecule has 2 aromatic carbocycles. The Morgan fingerprint density at radius 2 is 1.62 bits per heavy atom. The highest BCUT2D eigenvalue weighted by Crippen LogP contribution is 2.32. The molecule has 0 aliphatic carbocycles. The Balaban J connectivity index is 1.64.